The standard InChI is InChI=1S/2C4H11O2P.Zn/c2*1-3-4(2)7(5)6;/h2*4,7H,3H2,1-2H3,(H,5,6);/q;;+2/p-2. The Morgan fingerprint density at radius 2 is 1.13 bits per heavy atom. The SMILES string of the molecule is CCC(C)[PH](=O)[O-].CCC(C)[PH](=O)[O-].[Zn+2]. The van der Waals surface area contributed by atoms with Gasteiger partial charge in [-0.25, -0.2) is 0 Å². The molecule has 4 atom stereocenters. The van der Waals surface area contributed by atoms with E-state index in [2.05, 4.69) is 0 Å². The summed E-state index contributed by atoms with van der Waals surface area (Å²) in [4.78, 5) is 20.0. The van der Waals surface area contributed by atoms with E-state index in [0.29, 0.717) is 0 Å². The van der Waals surface area contributed by atoms with Crippen LogP contribution in [0.4, 0.5) is 0 Å². The van der Waals surface area contributed by atoms with Crippen LogP contribution >= 0.6 is 16.1 Å². The molecule has 0 aliphatic carbocycles. The molecular formula is C8H20O4P2Zn. The maximum Gasteiger partial charge on any atom is 2.00 e. The molecule has 0 heterocycles. The molecule has 88 valence electrons. The molecule has 0 amide bonds. The summed E-state index contributed by atoms with van der Waals surface area (Å²) in [6.45, 7) is 7.17. The summed E-state index contributed by atoms with van der Waals surface area (Å²) >= 11 is 0. The van der Waals surface area contributed by atoms with E-state index in [-0.39, 0.29) is 30.8 Å². The van der Waals surface area contributed by atoms with E-state index in [1.807, 2.05) is 13.8 Å². The number of hydrogen-bond donors (Lipinski definition) is 0. The van der Waals surface area contributed by atoms with Gasteiger partial charge in [0.1, 0.15) is 0 Å². The Balaban J connectivity index is -0.000000180. The first-order valence-corrected chi connectivity index (χ1v) is 7.57. The van der Waals surface area contributed by atoms with Gasteiger partial charge in [-0.05, 0) is 24.2 Å². The van der Waals surface area contributed by atoms with Crippen LogP contribution in [-0.4, -0.2) is 11.3 Å². The minimum Gasteiger partial charge on any atom is -0.801 e. The van der Waals surface area contributed by atoms with E-state index in [9.17, 15) is 18.9 Å². The topological polar surface area (TPSA) is 80.3 Å². The molecule has 0 spiro atoms. The normalized spacial score (nSPS) is 17.5. The molecule has 0 aromatic heterocycles. The van der Waals surface area contributed by atoms with Gasteiger partial charge in [0.25, 0.3) is 0 Å². The fraction of sp³-hybridized carbons (Fsp3) is 1.00. The Morgan fingerprint density at radius 1 is 0.933 bits per heavy atom. The molecule has 0 N–H and O–H groups in total. The van der Waals surface area contributed by atoms with E-state index < -0.39 is 16.1 Å². The molecule has 15 heavy (non-hydrogen) atoms. The maximum absolute atomic E-state index is 10.0. The largest absolute Gasteiger partial charge is 2.00 e. The Labute approximate surface area is 106 Å². The van der Waals surface area contributed by atoms with Crippen molar-refractivity contribution in [1.82, 2.24) is 0 Å². The average Bonchev–Trinajstić information content (AvgIpc) is 2.15. The zero-order valence-corrected chi connectivity index (χ0v) is 14.9. The molecule has 0 aromatic rings. The van der Waals surface area contributed by atoms with E-state index in [1.54, 1.807) is 13.8 Å². The van der Waals surface area contributed by atoms with Gasteiger partial charge in [-0.1, -0.05) is 27.7 Å². The first-order valence-electron chi connectivity index (χ1n) is 4.78. The van der Waals surface area contributed by atoms with Gasteiger partial charge in [0.15, 0.2) is 0 Å². The van der Waals surface area contributed by atoms with Crippen LogP contribution in [0.25, 0.3) is 0 Å². The summed E-state index contributed by atoms with van der Waals surface area (Å²) in [5.74, 6) is 0. The fourth-order valence-electron chi connectivity index (χ4n) is 0.333. The van der Waals surface area contributed by atoms with Crippen LogP contribution in [0.5, 0.6) is 0 Å². The third-order valence-corrected chi connectivity index (χ3v) is 4.46. The van der Waals surface area contributed by atoms with Gasteiger partial charge < -0.3 is 18.9 Å². The minimum absolute atomic E-state index is 0. The predicted molar refractivity (Wildman–Crippen MR) is 57.5 cm³/mol. The second-order valence-corrected chi connectivity index (χ2v) is 6.50. The van der Waals surface area contributed by atoms with E-state index in [0.717, 1.165) is 12.8 Å². The second kappa shape index (κ2) is 13.1. The molecular weight excluding hydrogens is 287 g/mol. The van der Waals surface area contributed by atoms with Crippen LogP contribution in [0, 0.1) is 0 Å². The summed E-state index contributed by atoms with van der Waals surface area (Å²) in [7, 11) is -4.93. The average molecular weight is 308 g/mol. The summed E-state index contributed by atoms with van der Waals surface area (Å²) < 4.78 is 20.0. The van der Waals surface area contributed by atoms with Crippen LogP contribution in [0.3, 0.4) is 0 Å². The van der Waals surface area contributed by atoms with Crippen LogP contribution in [0.2, 0.25) is 0 Å². The number of rotatable bonds is 4. The minimum atomic E-state index is -2.46. The fourth-order valence-corrected chi connectivity index (χ4v) is 1.00. The third kappa shape index (κ3) is 15.0. The van der Waals surface area contributed by atoms with Crippen LogP contribution in [0.15, 0.2) is 0 Å². The molecule has 0 fully saturated rings. The van der Waals surface area contributed by atoms with Crippen molar-refractivity contribution in [2.24, 2.45) is 0 Å². The summed E-state index contributed by atoms with van der Waals surface area (Å²) in [5, 5.41) is 0. The third-order valence-electron chi connectivity index (χ3n) is 2.03. The van der Waals surface area contributed by atoms with Crippen molar-refractivity contribution in [2.45, 2.75) is 51.9 Å². The summed E-state index contributed by atoms with van der Waals surface area (Å²) in [5.41, 5.74) is -0.213. The monoisotopic (exact) mass is 306 g/mol. The molecule has 0 saturated heterocycles. The molecule has 0 radical (unpaired) electrons. The van der Waals surface area contributed by atoms with Crippen molar-refractivity contribution in [1.29, 1.82) is 0 Å². The Morgan fingerprint density at radius 3 is 1.13 bits per heavy atom. The van der Waals surface area contributed by atoms with Gasteiger partial charge in [0, 0.05) is 16.1 Å². The Hall–Kier alpha value is 1.00. The van der Waals surface area contributed by atoms with Crippen molar-refractivity contribution in [3.8, 4) is 0 Å². The van der Waals surface area contributed by atoms with Crippen LogP contribution in [0.1, 0.15) is 40.5 Å². The van der Waals surface area contributed by atoms with Gasteiger partial charge in [0.05, 0.1) is 0 Å². The quantitative estimate of drug-likeness (QED) is 0.578. The smallest absolute Gasteiger partial charge is 0.801 e. The van der Waals surface area contributed by atoms with Gasteiger partial charge in [-0.3, -0.25) is 0 Å². The van der Waals surface area contributed by atoms with Crippen molar-refractivity contribution in [2.75, 3.05) is 0 Å². The van der Waals surface area contributed by atoms with E-state index in [4.69, 9.17) is 0 Å². The molecule has 0 rings (SSSR count). The van der Waals surface area contributed by atoms with Crippen molar-refractivity contribution in [3.05, 3.63) is 0 Å². The predicted octanol–water partition coefficient (Wildman–Crippen LogP) is 1.24. The molecule has 0 aromatic carbocycles. The zero-order chi connectivity index (χ0) is 11.7. The summed E-state index contributed by atoms with van der Waals surface area (Å²) in [6, 6.07) is 0. The molecule has 0 aliphatic rings. The van der Waals surface area contributed by atoms with Crippen molar-refractivity contribution in [3.63, 3.8) is 0 Å². The zero-order valence-electron chi connectivity index (χ0n) is 9.91. The summed E-state index contributed by atoms with van der Waals surface area (Å²) in [6.07, 6.45) is 1.47. The van der Waals surface area contributed by atoms with Crippen molar-refractivity contribution >= 4 is 16.1 Å². The number of hydrogen-bond acceptors (Lipinski definition) is 4. The van der Waals surface area contributed by atoms with Gasteiger partial charge in [-0.2, -0.15) is 0 Å². The molecule has 7 heteroatoms. The molecule has 0 aliphatic heterocycles. The van der Waals surface area contributed by atoms with Crippen molar-refractivity contribution < 1.29 is 38.4 Å². The van der Waals surface area contributed by atoms with Gasteiger partial charge >= 0.3 is 19.5 Å². The van der Waals surface area contributed by atoms with E-state index >= 15 is 0 Å². The van der Waals surface area contributed by atoms with Gasteiger partial charge in [0.2, 0.25) is 0 Å². The van der Waals surface area contributed by atoms with Crippen LogP contribution in [-0.2, 0) is 28.6 Å². The molecule has 4 unspecified atom stereocenters. The molecule has 0 saturated carbocycles. The Kier molecular flexibility index (Phi) is 18.6. The van der Waals surface area contributed by atoms with Gasteiger partial charge in [-0.15, -0.1) is 0 Å². The first-order chi connectivity index (χ1) is 6.36. The van der Waals surface area contributed by atoms with E-state index in [1.165, 1.54) is 0 Å². The first kappa shape index (κ1) is 21.3. The van der Waals surface area contributed by atoms with Crippen LogP contribution < -0.4 is 9.79 Å². The molecule has 4 nitrogen and oxygen atoms in total. The molecule has 0 bridgehead atoms. The maximum atomic E-state index is 10.0. The second-order valence-electron chi connectivity index (χ2n) is 3.26. The Bertz CT molecular complexity index is 169.